The predicted molar refractivity (Wildman–Crippen MR) is 109 cm³/mol. The lowest BCUT2D eigenvalue weighted by atomic mass is 10.0. The number of rotatable bonds is 5. The number of aromatic nitrogens is 1. The van der Waals surface area contributed by atoms with Gasteiger partial charge in [-0.2, -0.15) is 0 Å². The van der Waals surface area contributed by atoms with Crippen LogP contribution in [-0.2, 0) is 9.59 Å². The molecule has 2 amide bonds. The van der Waals surface area contributed by atoms with Gasteiger partial charge in [0.1, 0.15) is 5.92 Å². The molecule has 1 aliphatic heterocycles. The first-order valence-corrected chi connectivity index (χ1v) is 9.54. The number of benzene rings is 2. The Morgan fingerprint density at radius 2 is 1.61 bits per heavy atom. The molecule has 4 rings (SSSR count). The second-order valence-corrected chi connectivity index (χ2v) is 7.05. The van der Waals surface area contributed by atoms with E-state index in [4.69, 9.17) is 0 Å². The van der Waals surface area contributed by atoms with E-state index in [-0.39, 0.29) is 17.9 Å². The van der Waals surface area contributed by atoms with E-state index in [2.05, 4.69) is 5.32 Å². The first-order chi connectivity index (χ1) is 13.6. The number of nitrogens with one attached hydrogen (secondary N) is 1. The normalized spacial score (nSPS) is 17.5. The summed E-state index contributed by atoms with van der Waals surface area (Å²) in [5, 5.41) is 2.99. The van der Waals surface area contributed by atoms with Crippen molar-refractivity contribution in [1.82, 2.24) is 9.88 Å². The molecule has 0 bridgehead atoms. The average Bonchev–Trinajstić information content (AvgIpc) is 3.38. The number of para-hydroxylation sites is 2. The van der Waals surface area contributed by atoms with Gasteiger partial charge < -0.3 is 14.8 Å². The Bertz CT molecular complexity index is 967. The van der Waals surface area contributed by atoms with Crippen molar-refractivity contribution in [3.63, 3.8) is 0 Å². The van der Waals surface area contributed by atoms with Gasteiger partial charge in [-0.1, -0.05) is 42.5 Å². The van der Waals surface area contributed by atoms with Crippen molar-refractivity contribution in [1.29, 1.82) is 0 Å². The zero-order chi connectivity index (χ0) is 19.5. The lowest BCUT2D eigenvalue weighted by Gasteiger charge is -2.21. The fraction of sp³-hybridized carbons (Fsp3) is 0.217. The Morgan fingerprint density at radius 1 is 0.964 bits per heavy atom. The molecule has 0 aliphatic carbocycles. The summed E-state index contributed by atoms with van der Waals surface area (Å²) in [6.07, 6.45) is 4.42. The van der Waals surface area contributed by atoms with Crippen LogP contribution in [0.5, 0.6) is 0 Å². The van der Waals surface area contributed by atoms with Gasteiger partial charge in [-0.25, -0.2) is 0 Å². The summed E-state index contributed by atoms with van der Waals surface area (Å²) in [4.78, 5) is 27.5. The molecular weight excluding hydrogens is 350 g/mol. The van der Waals surface area contributed by atoms with E-state index in [0.29, 0.717) is 13.0 Å². The van der Waals surface area contributed by atoms with E-state index in [0.717, 1.165) is 16.9 Å². The number of carbonyl (C=O) groups is 2. The largest absolute Gasteiger partial charge is 0.349 e. The third-order valence-electron chi connectivity index (χ3n) is 5.24. The molecule has 3 aromatic rings. The van der Waals surface area contributed by atoms with Gasteiger partial charge in [-0.3, -0.25) is 9.59 Å². The van der Waals surface area contributed by atoms with Crippen LogP contribution in [0.1, 0.15) is 24.9 Å². The highest BCUT2D eigenvalue weighted by Crippen LogP contribution is 2.31. The van der Waals surface area contributed by atoms with Gasteiger partial charge in [-0.05, 0) is 43.2 Å². The van der Waals surface area contributed by atoms with Crippen molar-refractivity contribution in [2.75, 3.05) is 11.4 Å². The third-order valence-corrected chi connectivity index (χ3v) is 5.24. The number of anilines is 1. The molecule has 5 heteroatoms. The summed E-state index contributed by atoms with van der Waals surface area (Å²) in [6.45, 7) is 2.47. The van der Waals surface area contributed by atoms with E-state index in [1.807, 2.05) is 90.6 Å². The van der Waals surface area contributed by atoms with Crippen LogP contribution in [-0.4, -0.2) is 22.9 Å². The van der Waals surface area contributed by atoms with Gasteiger partial charge in [0.15, 0.2) is 0 Å². The van der Waals surface area contributed by atoms with Crippen LogP contribution < -0.4 is 10.2 Å². The minimum atomic E-state index is -0.649. The molecule has 0 radical (unpaired) electrons. The Kier molecular flexibility index (Phi) is 4.98. The molecule has 5 nitrogen and oxygen atoms in total. The predicted octanol–water partition coefficient (Wildman–Crippen LogP) is 3.71. The Morgan fingerprint density at radius 3 is 2.32 bits per heavy atom. The van der Waals surface area contributed by atoms with Crippen molar-refractivity contribution in [2.45, 2.75) is 19.4 Å². The van der Waals surface area contributed by atoms with Crippen LogP contribution in [0.3, 0.4) is 0 Å². The van der Waals surface area contributed by atoms with Crippen molar-refractivity contribution in [2.24, 2.45) is 5.92 Å². The molecule has 142 valence electrons. The minimum absolute atomic E-state index is 0.136. The molecular formula is C23H23N3O2. The summed E-state index contributed by atoms with van der Waals surface area (Å²) in [5.74, 6) is -0.997. The number of amides is 2. The summed E-state index contributed by atoms with van der Waals surface area (Å²) in [6, 6.07) is 21.3. The summed E-state index contributed by atoms with van der Waals surface area (Å²) >= 11 is 0. The quantitative estimate of drug-likeness (QED) is 0.693. The molecule has 2 heterocycles. The monoisotopic (exact) mass is 373 g/mol. The molecule has 1 saturated heterocycles. The third kappa shape index (κ3) is 3.43. The highest BCUT2D eigenvalue weighted by Gasteiger charge is 2.38. The second-order valence-electron chi connectivity index (χ2n) is 7.05. The molecule has 0 saturated carbocycles. The molecule has 1 N–H and O–H groups in total. The summed E-state index contributed by atoms with van der Waals surface area (Å²) in [5.41, 5.74) is 2.78. The molecule has 28 heavy (non-hydrogen) atoms. The van der Waals surface area contributed by atoms with Crippen molar-refractivity contribution in [3.8, 4) is 5.69 Å². The molecule has 0 spiro atoms. The Balaban J connectivity index is 1.51. The molecule has 2 atom stereocenters. The van der Waals surface area contributed by atoms with Crippen LogP contribution in [0.4, 0.5) is 5.69 Å². The first-order valence-electron chi connectivity index (χ1n) is 9.54. The molecule has 1 fully saturated rings. The van der Waals surface area contributed by atoms with E-state index in [1.54, 1.807) is 4.90 Å². The lowest BCUT2D eigenvalue weighted by molar-refractivity contribution is -0.132. The smallest absolute Gasteiger partial charge is 0.239 e. The van der Waals surface area contributed by atoms with Crippen LogP contribution >= 0.6 is 0 Å². The van der Waals surface area contributed by atoms with Gasteiger partial charge in [0.25, 0.3) is 0 Å². The Labute approximate surface area is 164 Å². The maximum absolute atomic E-state index is 13.0. The van der Waals surface area contributed by atoms with Crippen LogP contribution in [0, 0.1) is 5.92 Å². The maximum atomic E-state index is 13.0. The van der Waals surface area contributed by atoms with Gasteiger partial charge >= 0.3 is 0 Å². The van der Waals surface area contributed by atoms with Crippen LogP contribution in [0.15, 0.2) is 79.1 Å². The SMILES string of the molecule is C[C@H](NC(=O)[C@H]1CCN(c2ccccc2-n2cccc2)C1=O)c1ccccc1. The number of hydrogen-bond acceptors (Lipinski definition) is 2. The molecule has 1 aromatic heterocycles. The Hall–Kier alpha value is -3.34. The highest BCUT2D eigenvalue weighted by atomic mass is 16.2. The van der Waals surface area contributed by atoms with E-state index >= 15 is 0 Å². The number of hydrogen-bond donors (Lipinski definition) is 1. The van der Waals surface area contributed by atoms with Crippen molar-refractivity contribution >= 4 is 17.5 Å². The average molecular weight is 373 g/mol. The van der Waals surface area contributed by atoms with E-state index in [1.165, 1.54) is 0 Å². The van der Waals surface area contributed by atoms with Gasteiger partial charge in [0.05, 0.1) is 17.4 Å². The van der Waals surface area contributed by atoms with E-state index < -0.39 is 5.92 Å². The number of nitrogens with zero attached hydrogens (tertiary/aromatic N) is 2. The van der Waals surface area contributed by atoms with E-state index in [9.17, 15) is 9.59 Å². The maximum Gasteiger partial charge on any atom is 0.239 e. The number of carbonyl (C=O) groups excluding carboxylic acids is 2. The second kappa shape index (κ2) is 7.72. The summed E-state index contributed by atoms with van der Waals surface area (Å²) in [7, 11) is 0. The van der Waals surface area contributed by atoms with Crippen molar-refractivity contribution in [3.05, 3.63) is 84.7 Å². The topological polar surface area (TPSA) is 54.3 Å². The van der Waals surface area contributed by atoms with Crippen LogP contribution in [0.2, 0.25) is 0 Å². The first kappa shape index (κ1) is 18.0. The van der Waals surface area contributed by atoms with Gasteiger partial charge in [0.2, 0.25) is 11.8 Å². The summed E-state index contributed by atoms with van der Waals surface area (Å²) < 4.78 is 1.98. The standard InChI is InChI=1S/C23H23N3O2/c1-17(18-9-3-2-4-10-18)24-22(27)19-13-16-26(23(19)28)21-12-6-5-11-20(21)25-14-7-8-15-25/h2-12,14-15,17,19H,13,16H2,1H3,(H,24,27)/t17-,19+/m0/s1. The zero-order valence-electron chi connectivity index (χ0n) is 15.8. The van der Waals surface area contributed by atoms with Crippen molar-refractivity contribution < 1.29 is 9.59 Å². The minimum Gasteiger partial charge on any atom is -0.349 e. The fourth-order valence-corrected chi connectivity index (χ4v) is 3.71. The lowest BCUT2D eigenvalue weighted by Crippen LogP contribution is -2.38. The molecule has 2 aromatic carbocycles. The highest BCUT2D eigenvalue weighted by molar-refractivity contribution is 6.10. The molecule has 0 unspecified atom stereocenters. The zero-order valence-corrected chi connectivity index (χ0v) is 15.8. The van der Waals surface area contributed by atoms with Gasteiger partial charge in [-0.15, -0.1) is 0 Å². The van der Waals surface area contributed by atoms with Crippen LogP contribution in [0.25, 0.3) is 5.69 Å². The van der Waals surface area contributed by atoms with Gasteiger partial charge in [0, 0.05) is 18.9 Å². The fourth-order valence-electron chi connectivity index (χ4n) is 3.71. The molecule has 1 aliphatic rings.